The Labute approximate surface area is 167 Å². The van der Waals surface area contributed by atoms with Crippen LogP contribution >= 0.6 is 22.9 Å². The lowest BCUT2D eigenvalue weighted by atomic mass is 10.2. The smallest absolute Gasteiger partial charge is 0.350 e. The number of halogens is 1. The Kier molecular flexibility index (Phi) is 5.79. The monoisotopic (exact) mass is 429 g/mol. The molecule has 146 valence electrons. The fourth-order valence-electron chi connectivity index (χ4n) is 3.26. The van der Waals surface area contributed by atoms with E-state index in [1.807, 2.05) is 24.3 Å². The first kappa shape index (κ1) is 20.1. The van der Waals surface area contributed by atoms with Gasteiger partial charge in [0.15, 0.2) is 15.9 Å². The molecule has 6 nitrogen and oxygen atoms in total. The van der Waals surface area contributed by atoms with Crippen molar-refractivity contribution in [1.82, 2.24) is 4.90 Å². The van der Waals surface area contributed by atoms with Gasteiger partial charge in [-0.15, -0.1) is 11.3 Å². The van der Waals surface area contributed by atoms with E-state index in [-0.39, 0.29) is 22.4 Å². The number of likely N-dealkylation sites (N-methyl/N-ethyl adjacent to an activating group) is 1. The molecule has 27 heavy (non-hydrogen) atoms. The van der Waals surface area contributed by atoms with Gasteiger partial charge in [0.1, 0.15) is 4.88 Å². The molecule has 1 aliphatic rings. The molecule has 2 atom stereocenters. The molecule has 2 heterocycles. The number of carbonyl (C=O) groups excluding carboxylic acids is 2. The van der Waals surface area contributed by atoms with E-state index in [4.69, 9.17) is 16.3 Å². The molecule has 1 fully saturated rings. The van der Waals surface area contributed by atoms with Gasteiger partial charge in [-0.05, 0) is 26.3 Å². The zero-order valence-electron chi connectivity index (χ0n) is 15.0. The minimum atomic E-state index is -3.11. The predicted octanol–water partition coefficient (Wildman–Crippen LogP) is 3.14. The Balaban J connectivity index is 1.73. The van der Waals surface area contributed by atoms with Crippen molar-refractivity contribution in [2.75, 3.05) is 18.1 Å². The van der Waals surface area contributed by atoms with Crippen molar-refractivity contribution >= 4 is 54.7 Å². The van der Waals surface area contributed by atoms with Gasteiger partial charge in [0.05, 0.1) is 16.5 Å². The fraction of sp³-hybridized carbons (Fsp3) is 0.444. The van der Waals surface area contributed by atoms with E-state index in [0.29, 0.717) is 18.0 Å². The second kappa shape index (κ2) is 7.77. The molecule has 1 amide bonds. The molecule has 2 aromatic rings. The summed E-state index contributed by atoms with van der Waals surface area (Å²) in [6.07, 6.45) is -0.618. The van der Waals surface area contributed by atoms with Gasteiger partial charge in [0, 0.05) is 22.7 Å². The highest BCUT2D eigenvalue weighted by molar-refractivity contribution is 7.91. The normalized spacial score (nSPS) is 19.7. The van der Waals surface area contributed by atoms with Gasteiger partial charge in [-0.1, -0.05) is 29.8 Å². The van der Waals surface area contributed by atoms with Gasteiger partial charge in [-0.2, -0.15) is 0 Å². The number of benzene rings is 1. The SMILES string of the molecule is CCN(C(=O)[C@@H](C)OC(=O)c1sc2ccccc2c1Cl)[C@@H]1CCS(=O)(=O)C1. The van der Waals surface area contributed by atoms with Gasteiger partial charge in [-0.3, -0.25) is 4.79 Å². The van der Waals surface area contributed by atoms with E-state index in [2.05, 4.69) is 0 Å². The zero-order chi connectivity index (χ0) is 19.8. The number of carbonyl (C=O) groups is 2. The zero-order valence-corrected chi connectivity index (χ0v) is 17.4. The summed E-state index contributed by atoms with van der Waals surface area (Å²) in [4.78, 5) is 27.0. The minimum absolute atomic E-state index is 0.0462. The third-order valence-corrected chi connectivity index (χ3v) is 8.03. The van der Waals surface area contributed by atoms with Crippen molar-refractivity contribution in [2.45, 2.75) is 32.4 Å². The Bertz CT molecular complexity index is 985. The molecule has 0 radical (unpaired) electrons. The second-order valence-electron chi connectivity index (χ2n) is 6.47. The van der Waals surface area contributed by atoms with Crippen LogP contribution in [0.2, 0.25) is 5.02 Å². The van der Waals surface area contributed by atoms with Gasteiger partial charge < -0.3 is 9.64 Å². The molecule has 9 heteroatoms. The van der Waals surface area contributed by atoms with E-state index in [1.165, 1.54) is 23.2 Å². The number of nitrogens with zero attached hydrogens (tertiary/aromatic N) is 1. The second-order valence-corrected chi connectivity index (χ2v) is 10.1. The van der Waals surface area contributed by atoms with E-state index in [9.17, 15) is 18.0 Å². The Hall–Kier alpha value is -1.64. The molecule has 1 aliphatic heterocycles. The highest BCUT2D eigenvalue weighted by Gasteiger charge is 2.36. The summed E-state index contributed by atoms with van der Waals surface area (Å²) in [7, 11) is -3.11. The van der Waals surface area contributed by atoms with Crippen LogP contribution in [0, 0.1) is 0 Å². The number of amides is 1. The van der Waals surface area contributed by atoms with Crippen molar-refractivity contribution in [3.8, 4) is 0 Å². The largest absolute Gasteiger partial charge is 0.448 e. The summed E-state index contributed by atoms with van der Waals surface area (Å²) in [5.41, 5.74) is 0. The molecule has 0 aliphatic carbocycles. The average molecular weight is 430 g/mol. The number of hydrogen-bond acceptors (Lipinski definition) is 6. The Morgan fingerprint density at radius 2 is 2.07 bits per heavy atom. The molecular weight excluding hydrogens is 410 g/mol. The number of rotatable bonds is 5. The molecule has 1 aromatic heterocycles. The maximum absolute atomic E-state index is 12.7. The number of sulfone groups is 1. The quantitative estimate of drug-likeness (QED) is 0.682. The van der Waals surface area contributed by atoms with Crippen LogP contribution in [-0.2, 0) is 19.4 Å². The van der Waals surface area contributed by atoms with E-state index < -0.39 is 27.8 Å². The molecular formula is C18H20ClNO5S2. The molecule has 0 unspecified atom stereocenters. The Morgan fingerprint density at radius 3 is 2.67 bits per heavy atom. The Morgan fingerprint density at radius 1 is 1.37 bits per heavy atom. The first-order valence-corrected chi connectivity index (χ1v) is 11.6. The highest BCUT2D eigenvalue weighted by atomic mass is 35.5. The van der Waals surface area contributed by atoms with E-state index in [1.54, 1.807) is 6.92 Å². The lowest BCUT2D eigenvalue weighted by molar-refractivity contribution is -0.141. The minimum Gasteiger partial charge on any atom is -0.448 e. The topological polar surface area (TPSA) is 80.8 Å². The average Bonchev–Trinajstić information content (AvgIpc) is 3.15. The third-order valence-electron chi connectivity index (χ3n) is 4.62. The van der Waals surface area contributed by atoms with Crippen molar-refractivity contribution in [2.24, 2.45) is 0 Å². The summed E-state index contributed by atoms with van der Waals surface area (Å²) in [6.45, 7) is 3.62. The molecule has 0 N–H and O–H groups in total. The lowest BCUT2D eigenvalue weighted by Crippen LogP contribution is -2.46. The van der Waals surface area contributed by atoms with Gasteiger partial charge >= 0.3 is 5.97 Å². The maximum Gasteiger partial charge on any atom is 0.350 e. The molecule has 0 saturated carbocycles. The third kappa shape index (κ3) is 4.12. The predicted molar refractivity (Wildman–Crippen MR) is 106 cm³/mol. The standard InChI is InChI=1S/C18H20ClNO5S2/c1-3-20(12-8-9-27(23,24)10-12)17(21)11(2)25-18(22)16-15(19)13-6-4-5-7-14(13)26-16/h4-7,11-12H,3,8-10H2,1-2H3/t11-,12-/m1/s1. The molecule has 1 aromatic carbocycles. The summed E-state index contributed by atoms with van der Waals surface area (Å²) >= 11 is 7.50. The number of fused-ring (bicyclic) bond motifs is 1. The number of ether oxygens (including phenoxy) is 1. The highest BCUT2D eigenvalue weighted by Crippen LogP contribution is 2.35. The number of thiophene rings is 1. The van der Waals surface area contributed by atoms with Gasteiger partial charge in [0.25, 0.3) is 5.91 Å². The van der Waals surface area contributed by atoms with Gasteiger partial charge in [-0.25, -0.2) is 13.2 Å². The van der Waals surface area contributed by atoms with Crippen LogP contribution in [-0.4, -0.2) is 55.4 Å². The van der Waals surface area contributed by atoms with Crippen LogP contribution in [0.1, 0.15) is 29.9 Å². The molecule has 1 saturated heterocycles. The summed E-state index contributed by atoms with van der Waals surface area (Å²) in [5, 5.41) is 1.08. The maximum atomic E-state index is 12.7. The van der Waals surface area contributed by atoms with Crippen LogP contribution in [0.15, 0.2) is 24.3 Å². The first-order valence-electron chi connectivity index (χ1n) is 8.62. The van der Waals surface area contributed by atoms with Crippen molar-refractivity contribution in [1.29, 1.82) is 0 Å². The van der Waals surface area contributed by atoms with Crippen LogP contribution < -0.4 is 0 Å². The molecule has 0 bridgehead atoms. The fourth-order valence-corrected chi connectivity index (χ4v) is 6.38. The van der Waals surface area contributed by atoms with E-state index in [0.717, 1.165) is 10.1 Å². The van der Waals surface area contributed by atoms with Crippen LogP contribution in [0.4, 0.5) is 0 Å². The first-order chi connectivity index (χ1) is 12.7. The summed E-state index contributed by atoms with van der Waals surface area (Å²) in [6, 6.07) is 6.99. The lowest BCUT2D eigenvalue weighted by Gasteiger charge is -2.29. The van der Waals surface area contributed by atoms with Crippen LogP contribution in [0.5, 0.6) is 0 Å². The van der Waals surface area contributed by atoms with Crippen LogP contribution in [0.25, 0.3) is 10.1 Å². The molecule has 0 spiro atoms. The molecule has 3 rings (SSSR count). The van der Waals surface area contributed by atoms with Crippen molar-refractivity contribution < 1.29 is 22.7 Å². The summed E-state index contributed by atoms with van der Waals surface area (Å²) < 4.78 is 29.6. The number of hydrogen-bond donors (Lipinski definition) is 0. The van der Waals surface area contributed by atoms with Crippen molar-refractivity contribution in [3.05, 3.63) is 34.2 Å². The van der Waals surface area contributed by atoms with Gasteiger partial charge in [0.2, 0.25) is 0 Å². The van der Waals surface area contributed by atoms with Crippen LogP contribution in [0.3, 0.4) is 0 Å². The van der Waals surface area contributed by atoms with E-state index >= 15 is 0 Å². The van der Waals surface area contributed by atoms with Crippen molar-refractivity contribution in [3.63, 3.8) is 0 Å². The number of esters is 1. The summed E-state index contributed by atoms with van der Waals surface area (Å²) in [5.74, 6) is -1.02.